The Labute approximate surface area is 156 Å². The second-order valence-corrected chi connectivity index (χ2v) is 6.77. The first kappa shape index (κ1) is 18.0. The Bertz CT molecular complexity index is 879. The van der Waals surface area contributed by atoms with E-state index in [-0.39, 0.29) is 10.2 Å². The molecule has 0 saturated heterocycles. The Morgan fingerprint density at radius 2 is 1.92 bits per heavy atom. The van der Waals surface area contributed by atoms with Gasteiger partial charge >= 0.3 is 0 Å². The maximum absolute atomic E-state index is 13.0. The van der Waals surface area contributed by atoms with Gasteiger partial charge in [0.25, 0.3) is 6.43 Å². The number of aromatic nitrogens is 4. The fraction of sp³-hybridized carbons (Fsp3) is 0.312. The van der Waals surface area contributed by atoms with Crippen LogP contribution < -0.4 is 0 Å². The molecule has 3 aromatic rings. The second-order valence-electron chi connectivity index (χ2n) is 5.54. The molecule has 132 valence electrons. The van der Waals surface area contributed by atoms with Crippen LogP contribution in [0, 0.1) is 6.92 Å². The van der Waals surface area contributed by atoms with Crippen molar-refractivity contribution < 1.29 is 13.2 Å². The molecule has 25 heavy (non-hydrogen) atoms. The number of alkyl halides is 2. The molecule has 0 fully saturated rings. The van der Waals surface area contributed by atoms with E-state index in [0.29, 0.717) is 28.9 Å². The highest BCUT2D eigenvalue weighted by molar-refractivity contribution is 9.10. The van der Waals surface area contributed by atoms with Crippen LogP contribution >= 0.6 is 27.5 Å². The number of hydrogen-bond acceptors (Lipinski definition) is 4. The highest BCUT2D eigenvalue weighted by atomic mass is 79.9. The standard InChI is InChI=1S/C16H14BrClF2N4O/c1-8-13(17)14(15(19)20)23-24(8)9(2)16-22-21-12(25-16)7-10-3-5-11(18)6-4-10/h3-6,9,15H,7H2,1-2H3/t9-/m1/s1. The summed E-state index contributed by atoms with van der Waals surface area (Å²) in [6, 6.07) is 6.86. The molecule has 1 atom stereocenters. The molecule has 0 aliphatic heterocycles. The van der Waals surface area contributed by atoms with E-state index in [1.165, 1.54) is 4.68 Å². The van der Waals surface area contributed by atoms with E-state index >= 15 is 0 Å². The normalized spacial score (nSPS) is 12.8. The predicted molar refractivity (Wildman–Crippen MR) is 92.0 cm³/mol. The first-order valence-corrected chi connectivity index (χ1v) is 8.63. The molecule has 0 unspecified atom stereocenters. The first-order chi connectivity index (χ1) is 11.9. The molecule has 0 aliphatic carbocycles. The Morgan fingerprint density at radius 3 is 2.52 bits per heavy atom. The Hall–Kier alpha value is -1.80. The van der Waals surface area contributed by atoms with E-state index < -0.39 is 12.5 Å². The monoisotopic (exact) mass is 430 g/mol. The zero-order valence-electron chi connectivity index (χ0n) is 13.4. The van der Waals surface area contributed by atoms with Crippen LogP contribution in [0.4, 0.5) is 8.78 Å². The molecule has 9 heteroatoms. The molecule has 1 aromatic carbocycles. The predicted octanol–water partition coefficient (Wildman–Crippen LogP) is 5.13. The summed E-state index contributed by atoms with van der Waals surface area (Å²) >= 11 is 9.02. The molecule has 0 saturated carbocycles. The smallest absolute Gasteiger partial charge is 0.283 e. The third-order valence-electron chi connectivity index (χ3n) is 3.78. The molecule has 3 rings (SSSR count). The van der Waals surface area contributed by atoms with Gasteiger partial charge in [0.1, 0.15) is 11.7 Å². The second kappa shape index (κ2) is 7.21. The van der Waals surface area contributed by atoms with Crippen LogP contribution in [0.5, 0.6) is 0 Å². The number of rotatable bonds is 5. The van der Waals surface area contributed by atoms with Crippen LogP contribution in [0.15, 0.2) is 33.2 Å². The molecule has 0 N–H and O–H groups in total. The lowest BCUT2D eigenvalue weighted by atomic mass is 10.1. The molecule has 5 nitrogen and oxygen atoms in total. The van der Waals surface area contributed by atoms with E-state index in [0.717, 1.165) is 5.56 Å². The van der Waals surface area contributed by atoms with Crippen molar-refractivity contribution in [3.63, 3.8) is 0 Å². The lowest BCUT2D eigenvalue weighted by molar-refractivity contribution is 0.144. The number of nitrogens with zero attached hydrogens (tertiary/aromatic N) is 4. The van der Waals surface area contributed by atoms with Gasteiger partial charge in [-0.3, -0.25) is 4.68 Å². The quantitative estimate of drug-likeness (QED) is 0.562. The van der Waals surface area contributed by atoms with Gasteiger partial charge in [-0.25, -0.2) is 8.78 Å². The summed E-state index contributed by atoms with van der Waals surface area (Å²) in [5.74, 6) is 0.741. The topological polar surface area (TPSA) is 56.7 Å². The number of benzene rings is 1. The average molecular weight is 432 g/mol. The summed E-state index contributed by atoms with van der Waals surface area (Å²) in [5.41, 5.74) is 1.25. The van der Waals surface area contributed by atoms with Crippen LogP contribution in [-0.4, -0.2) is 20.0 Å². The van der Waals surface area contributed by atoms with Crippen molar-refractivity contribution in [2.75, 3.05) is 0 Å². The lowest BCUT2D eigenvalue weighted by Crippen LogP contribution is -2.11. The summed E-state index contributed by atoms with van der Waals surface area (Å²) in [5, 5.41) is 12.7. The molecule has 0 bridgehead atoms. The van der Waals surface area contributed by atoms with Crippen molar-refractivity contribution in [2.24, 2.45) is 0 Å². The van der Waals surface area contributed by atoms with Crippen LogP contribution in [0.3, 0.4) is 0 Å². The Kier molecular flexibility index (Phi) is 5.19. The van der Waals surface area contributed by atoms with E-state index in [1.54, 1.807) is 26.0 Å². The summed E-state index contributed by atoms with van der Waals surface area (Å²) < 4.78 is 33.4. The highest BCUT2D eigenvalue weighted by Crippen LogP contribution is 2.31. The highest BCUT2D eigenvalue weighted by Gasteiger charge is 2.25. The third kappa shape index (κ3) is 3.74. The van der Waals surface area contributed by atoms with E-state index in [9.17, 15) is 8.78 Å². The van der Waals surface area contributed by atoms with Crippen molar-refractivity contribution in [1.29, 1.82) is 0 Å². The van der Waals surface area contributed by atoms with E-state index in [1.807, 2.05) is 12.1 Å². The van der Waals surface area contributed by atoms with Gasteiger partial charge in [0.2, 0.25) is 11.8 Å². The van der Waals surface area contributed by atoms with Crippen molar-refractivity contribution in [1.82, 2.24) is 20.0 Å². The maximum Gasteiger partial charge on any atom is 0.283 e. The minimum absolute atomic E-state index is 0.287. The van der Waals surface area contributed by atoms with Crippen LogP contribution in [0.2, 0.25) is 5.02 Å². The Balaban J connectivity index is 1.82. The molecule has 0 aliphatic rings. The van der Waals surface area contributed by atoms with Gasteiger partial charge in [0.05, 0.1) is 16.6 Å². The lowest BCUT2D eigenvalue weighted by Gasteiger charge is -2.09. The first-order valence-electron chi connectivity index (χ1n) is 7.46. The number of halogens is 4. The van der Waals surface area contributed by atoms with Gasteiger partial charge in [0.15, 0.2) is 0 Å². The average Bonchev–Trinajstić information content (AvgIpc) is 3.15. The minimum atomic E-state index is -2.66. The maximum atomic E-state index is 13.0. The summed E-state index contributed by atoms with van der Waals surface area (Å²) in [4.78, 5) is 0. The molecular weight excluding hydrogens is 418 g/mol. The van der Waals surface area contributed by atoms with Gasteiger partial charge in [-0.15, -0.1) is 10.2 Å². The van der Waals surface area contributed by atoms with E-state index in [4.69, 9.17) is 16.0 Å². The fourth-order valence-corrected chi connectivity index (χ4v) is 2.99. The molecular formula is C16H14BrClF2N4O. The van der Waals surface area contributed by atoms with Crippen molar-refractivity contribution in [3.05, 3.63) is 62.5 Å². The van der Waals surface area contributed by atoms with Crippen molar-refractivity contribution in [3.8, 4) is 0 Å². The molecule has 0 amide bonds. The van der Waals surface area contributed by atoms with E-state index in [2.05, 4.69) is 31.2 Å². The fourth-order valence-electron chi connectivity index (χ4n) is 2.43. The van der Waals surface area contributed by atoms with Gasteiger partial charge in [-0.05, 0) is 47.5 Å². The molecule has 2 heterocycles. The Morgan fingerprint density at radius 1 is 1.24 bits per heavy atom. The van der Waals surface area contributed by atoms with Gasteiger partial charge in [-0.1, -0.05) is 23.7 Å². The largest absolute Gasteiger partial charge is 0.423 e. The van der Waals surface area contributed by atoms with Gasteiger partial charge in [-0.2, -0.15) is 5.10 Å². The van der Waals surface area contributed by atoms with Gasteiger partial charge < -0.3 is 4.42 Å². The zero-order chi connectivity index (χ0) is 18.1. The molecule has 2 aromatic heterocycles. The van der Waals surface area contributed by atoms with Crippen molar-refractivity contribution >= 4 is 27.5 Å². The summed E-state index contributed by atoms with van der Waals surface area (Å²) in [6.07, 6.45) is -2.20. The van der Waals surface area contributed by atoms with Crippen LogP contribution in [-0.2, 0) is 6.42 Å². The minimum Gasteiger partial charge on any atom is -0.423 e. The molecule has 0 radical (unpaired) electrons. The summed E-state index contributed by atoms with van der Waals surface area (Å²) in [6.45, 7) is 3.46. The molecule has 0 spiro atoms. The zero-order valence-corrected chi connectivity index (χ0v) is 15.7. The summed E-state index contributed by atoms with van der Waals surface area (Å²) in [7, 11) is 0. The number of hydrogen-bond donors (Lipinski definition) is 0. The van der Waals surface area contributed by atoms with Crippen LogP contribution in [0.1, 0.15) is 48.1 Å². The van der Waals surface area contributed by atoms with Gasteiger partial charge in [0, 0.05) is 5.02 Å². The van der Waals surface area contributed by atoms with Crippen molar-refractivity contribution in [2.45, 2.75) is 32.7 Å². The SMILES string of the molecule is Cc1c(Br)c(C(F)F)nn1[C@H](C)c1nnc(Cc2ccc(Cl)cc2)o1. The third-order valence-corrected chi connectivity index (χ3v) is 5.02. The van der Waals surface area contributed by atoms with Crippen LogP contribution in [0.25, 0.3) is 0 Å².